The van der Waals surface area contributed by atoms with Crippen LogP contribution in [0.25, 0.3) is 0 Å². The third-order valence-electron chi connectivity index (χ3n) is 5.71. The molecule has 0 fully saturated rings. The van der Waals surface area contributed by atoms with E-state index in [2.05, 4.69) is 22.5 Å². The zero-order valence-corrected chi connectivity index (χ0v) is 21.5. The van der Waals surface area contributed by atoms with Crippen LogP contribution in [0.15, 0.2) is 58.9 Å². The van der Waals surface area contributed by atoms with Crippen LogP contribution in [0.5, 0.6) is 11.5 Å². The van der Waals surface area contributed by atoms with Crippen molar-refractivity contribution < 1.29 is 14.3 Å². The fourth-order valence-electron chi connectivity index (χ4n) is 4.02. The van der Waals surface area contributed by atoms with Crippen LogP contribution in [-0.4, -0.2) is 40.1 Å². The molecule has 0 bridgehead atoms. The maximum atomic E-state index is 13.7. The number of nitrogens with zero attached hydrogens (tertiary/aromatic N) is 3. The average molecular weight is 494 g/mol. The number of carbonyl (C=O) groups is 1. The summed E-state index contributed by atoms with van der Waals surface area (Å²) in [7, 11) is 1.61. The number of thioether (sulfide) groups is 1. The molecule has 8 nitrogen and oxygen atoms in total. The number of ether oxygens (including phenoxy) is 2. The van der Waals surface area contributed by atoms with E-state index in [1.165, 1.54) is 0 Å². The summed E-state index contributed by atoms with van der Waals surface area (Å²) < 4.78 is 13.1. The van der Waals surface area contributed by atoms with Crippen LogP contribution < -0.4 is 20.1 Å². The first-order valence-electron chi connectivity index (χ1n) is 11.7. The van der Waals surface area contributed by atoms with E-state index in [4.69, 9.17) is 14.6 Å². The predicted octanol–water partition coefficient (Wildman–Crippen LogP) is 5.42. The quantitative estimate of drug-likeness (QED) is 0.385. The van der Waals surface area contributed by atoms with E-state index in [-0.39, 0.29) is 5.91 Å². The van der Waals surface area contributed by atoms with Gasteiger partial charge < -0.3 is 20.1 Å². The molecule has 2 N–H and O–H groups in total. The van der Waals surface area contributed by atoms with Crippen LogP contribution in [0, 0.1) is 6.92 Å². The van der Waals surface area contributed by atoms with Gasteiger partial charge in [0.1, 0.15) is 6.04 Å². The van der Waals surface area contributed by atoms with E-state index < -0.39 is 6.04 Å². The highest BCUT2D eigenvalue weighted by atomic mass is 32.2. The number of rotatable bonds is 9. The van der Waals surface area contributed by atoms with Crippen LogP contribution >= 0.6 is 11.8 Å². The second-order valence-corrected chi connectivity index (χ2v) is 9.25. The fourth-order valence-corrected chi connectivity index (χ4v) is 4.71. The van der Waals surface area contributed by atoms with Gasteiger partial charge in [-0.3, -0.25) is 4.79 Å². The average Bonchev–Trinajstić information content (AvgIpc) is 3.25. The lowest BCUT2D eigenvalue weighted by molar-refractivity contribution is -0.113. The molecule has 0 saturated carbocycles. The number of methoxy groups -OCH3 is 1. The van der Waals surface area contributed by atoms with Crippen LogP contribution in [0.3, 0.4) is 0 Å². The Bertz CT molecular complexity index is 1250. The van der Waals surface area contributed by atoms with Gasteiger partial charge in [-0.25, -0.2) is 4.68 Å². The number of para-hydroxylation sites is 1. The maximum absolute atomic E-state index is 13.7. The van der Waals surface area contributed by atoms with Crippen LogP contribution in [0.1, 0.15) is 44.4 Å². The topological polar surface area (TPSA) is 90.3 Å². The van der Waals surface area contributed by atoms with Crippen molar-refractivity contribution in [1.82, 2.24) is 14.8 Å². The molecule has 184 valence electrons. The molecule has 1 aromatic heterocycles. The molecule has 1 aliphatic rings. The summed E-state index contributed by atoms with van der Waals surface area (Å²) in [6.45, 7) is 8.40. The van der Waals surface area contributed by atoms with Crippen molar-refractivity contribution in [3.8, 4) is 11.5 Å². The summed E-state index contributed by atoms with van der Waals surface area (Å²) in [6.07, 6.45) is 1.02. The molecule has 1 unspecified atom stereocenters. The van der Waals surface area contributed by atoms with Crippen molar-refractivity contribution in [2.24, 2.45) is 0 Å². The van der Waals surface area contributed by atoms with Gasteiger partial charge in [0.2, 0.25) is 11.1 Å². The van der Waals surface area contributed by atoms with Crippen molar-refractivity contribution in [2.45, 2.75) is 45.3 Å². The lowest BCUT2D eigenvalue weighted by Crippen LogP contribution is -2.31. The monoisotopic (exact) mass is 493 g/mol. The summed E-state index contributed by atoms with van der Waals surface area (Å²) in [5.74, 6) is 2.57. The van der Waals surface area contributed by atoms with Gasteiger partial charge in [0, 0.05) is 17.1 Å². The third kappa shape index (κ3) is 5.14. The minimum Gasteiger partial charge on any atom is -0.493 e. The number of fused-ring (bicyclic) bond motifs is 1. The van der Waals surface area contributed by atoms with Crippen LogP contribution in [0.4, 0.5) is 11.6 Å². The smallest absolute Gasteiger partial charge is 0.255 e. The second-order valence-electron chi connectivity index (χ2n) is 8.19. The first kappa shape index (κ1) is 24.7. The Morgan fingerprint density at radius 3 is 2.69 bits per heavy atom. The number of anilines is 2. The van der Waals surface area contributed by atoms with Gasteiger partial charge in [0.05, 0.1) is 19.3 Å². The van der Waals surface area contributed by atoms with Crippen molar-refractivity contribution in [3.05, 3.63) is 64.9 Å². The third-order valence-corrected chi connectivity index (χ3v) is 6.75. The summed E-state index contributed by atoms with van der Waals surface area (Å²) >= 11 is 1.60. The Hall–Kier alpha value is -3.46. The molecule has 0 radical (unpaired) electrons. The predicted molar refractivity (Wildman–Crippen MR) is 139 cm³/mol. The number of benzene rings is 2. The van der Waals surface area contributed by atoms with Crippen molar-refractivity contribution in [1.29, 1.82) is 0 Å². The molecule has 3 aromatic rings. The van der Waals surface area contributed by atoms with E-state index in [9.17, 15) is 4.79 Å². The molecular weight excluding hydrogens is 462 g/mol. The van der Waals surface area contributed by atoms with E-state index in [1.807, 2.05) is 63.2 Å². The van der Waals surface area contributed by atoms with E-state index in [0.717, 1.165) is 34.7 Å². The minimum atomic E-state index is -0.496. The molecule has 0 saturated heterocycles. The number of aromatic nitrogens is 3. The Kier molecular flexibility index (Phi) is 7.65. The molecule has 2 aromatic carbocycles. The normalized spacial score (nSPS) is 14.8. The number of amides is 1. The molecule has 4 rings (SSSR count). The molecule has 2 heterocycles. The lowest BCUT2D eigenvalue weighted by atomic mass is 9.94. The van der Waals surface area contributed by atoms with E-state index in [0.29, 0.717) is 34.8 Å². The standard InChI is InChI=1S/C26H31N5O3S/c1-6-14-35-26-29-25-27-17(4)22(24(32)28-19-11-9-8-10-16(19)3)23(31(25)30-26)18-12-13-20(33-5)21(15-18)34-7-2/h8-13,15,23H,6-7,14H2,1-5H3,(H,28,32)(H,27,29,30). The van der Waals surface area contributed by atoms with Gasteiger partial charge in [-0.1, -0.05) is 43.0 Å². The summed E-state index contributed by atoms with van der Waals surface area (Å²) in [5.41, 5.74) is 3.89. The number of aryl methyl sites for hydroxylation is 1. The van der Waals surface area contributed by atoms with E-state index >= 15 is 0 Å². The Balaban J connectivity index is 1.81. The summed E-state index contributed by atoms with van der Waals surface area (Å²) in [5, 5.41) is 11.8. The zero-order valence-electron chi connectivity index (χ0n) is 20.7. The van der Waals surface area contributed by atoms with Crippen LogP contribution in [0.2, 0.25) is 0 Å². The highest BCUT2D eigenvalue weighted by Crippen LogP contribution is 2.40. The van der Waals surface area contributed by atoms with Gasteiger partial charge in [-0.15, -0.1) is 5.10 Å². The first-order chi connectivity index (χ1) is 17.0. The number of hydrogen-bond acceptors (Lipinski definition) is 7. The largest absolute Gasteiger partial charge is 0.493 e. The fraction of sp³-hybridized carbons (Fsp3) is 0.346. The first-order valence-corrected chi connectivity index (χ1v) is 12.7. The van der Waals surface area contributed by atoms with Gasteiger partial charge >= 0.3 is 0 Å². The molecule has 1 amide bonds. The lowest BCUT2D eigenvalue weighted by Gasteiger charge is -2.29. The molecule has 1 atom stereocenters. The van der Waals surface area contributed by atoms with Gasteiger partial charge in [0.25, 0.3) is 5.91 Å². The van der Waals surface area contributed by atoms with E-state index in [1.54, 1.807) is 23.6 Å². The minimum absolute atomic E-state index is 0.202. The molecule has 1 aliphatic heterocycles. The molecule has 0 aliphatic carbocycles. The molecular formula is C26H31N5O3S. The highest BCUT2D eigenvalue weighted by molar-refractivity contribution is 7.99. The Labute approximate surface area is 210 Å². The van der Waals surface area contributed by atoms with Gasteiger partial charge in [0.15, 0.2) is 11.5 Å². The van der Waals surface area contributed by atoms with Crippen LogP contribution in [-0.2, 0) is 4.79 Å². The highest BCUT2D eigenvalue weighted by Gasteiger charge is 2.35. The SMILES string of the molecule is CCCSc1nc2n(n1)C(c1ccc(OC)c(OCC)c1)C(C(=O)Nc1ccccc1C)=C(C)N2. The molecule has 35 heavy (non-hydrogen) atoms. The number of hydrogen-bond donors (Lipinski definition) is 2. The molecule has 9 heteroatoms. The van der Waals surface area contributed by atoms with Crippen molar-refractivity contribution in [2.75, 3.05) is 30.1 Å². The maximum Gasteiger partial charge on any atom is 0.255 e. The number of nitrogens with one attached hydrogen (secondary N) is 2. The Morgan fingerprint density at radius 1 is 1.17 bits per heavy atom. The summed E-state index contributed by atoms with van der Waals surface area (Å²) in [6, 6.07) is 12.9. The van der Waals surface area contributed by atoms with Gasteiger partial charge in [-0.2, -0.15) is 4.98 Å². The molecule has 0 spiro atoms. The number of carbonyl (C=O) groups excluding carboxylic acids is 1. The summed E-state index contributed by atoms with van der Waals surface area (Å²) in [4.78, 5) is 18.4. The second kappa shape index (κ2) is 10.9. The number of allylic oxidation sites excluding steroid dienone is 1. The van der Waals surface area contributed by atoms with Gasteiger partial charge in [-0.05, 0) is 56.5 Å². The van der Waals surface area contributed by atoms with Crippen molar-refractivity contribution >= 4 is 29.3 Å². The zero-order chi connectivity index (χ0) is 24.9. The van der Waals surface area contributed by atoms with Crippen molar-refractivity contribution in [3.63, 3.8) is 0 Å². The Morgan fingerprint density at radius 2 is 1.97 bits per heavy atom.